The summed E-state index contributed by atoms with van der Waals surface area (Å²) in [7, 11) is 4.23. The van der Waals surface area contributed by atoms with Crippen LogP contribution in [0.1, 0.15) is 24.1 Å². The maximum Gasteiger partial charge on any atom is 0.0535 e. The molecule has 1 aromatic heterocycles. The van der Waals surface area contributed by atoms with Gasteiger partial charge in [-0.15, -0.1) is 0 Å². The molecule has 0 aliphatic heterocycles. The van der Waals surface area contributed by atoms with E-state index in [4.69, 9.17) is 0 Å². The standard InChI is InChI=1S/C11H22N4/c1-10-11(9-13-14-10)8-12-6-4-5-7-15(2)3/h9,12H,4-8H2,1-3H3,(H,13,14). The molecular formula is C11H22N4. The van der Waals surface area contributed by atoms with Crippen LogP contribution in [0.5, 0.6) is 0 Å². The number of H-pyrrole nitrogens is 1. The largest absolute Gasteiger partial charge is 0.313 e. The van der Waals surface area contributed by atoms with E-state index in [2.05, 4.69) is 41.4 Å². The second-order valence-electron chi connectivity index (χ2n) is 4.21. The van der Waals surface area contributed by atoms with Gasteiger partial charge < -0.3 is 10.2 Å². The highest BCUT2D eigenvalue weighted by molar-refractivity contribution is 5.13. The maximum absolute atomic E-state index is 3.99. The third kappa shape index (κ3) is 4.95. The van der Waals surface area contributed by atoms with Crippen LogP contribution in [0, 0.1) is 6.92 Å². The molecule has 0 spiro atoms. The van der Waals surface area contributed by atoms with E-state index in [-0.39, 0.29) is 0 Å². The first kappa shape index (κ1) is 12.2. The third-order valence-corrected chi connectivity index (χ3v) is 2.46. The molecule has 1 rings (SSSR count). The Labute approximate surface area is 92.1 Å². The lowest BCUT2D eigenvalue weighted by molar-refractivity contribution is 0.391. The van der Waals surface area contributed by atoms with E-state index < -0.39 is 0 Å². The van der Waals surface area contributed by atoms with E-state index in [1.807, 2.05) is 6.20 Å². The van der Waals surface area contributed by atoms with E-state index in [1.54, 1.807) is 0 Å². The lowest BCUT2D eigenvalue weighted by Crippen LogP contribution is -2.18. The number of hydrogen-bond acceptors (Lipinski definition) is 3. The summed E-state index contributed by atoms with van der Waals surface area (Å²) in [5, 5.41) is 10.4. The van der Waals surface area contributed by atoms with Gasteiger partial charge in [0.2, 0.25) is 0 Å². The van der Waals surface area contributed by atoms with Crippen molar-refractivity contribution in [2.24, 2.45) is 0 Å². The average Bonchev–Trinajstić information content (AvgIpc) is 2.57. The van der Waals surface area contributed by atoms with E-state index >= 15 is 0 Å². The van der Waals surface area contributed by atoms with Gasteiger partial charge in [0.15, 0.2) is 0 Å². The number of aromatic amines is 1. The number of nitrogens with one attached hydrogen (secondary N) is 2. The summed E-state index contributed by atoms with van der Waals surface area (Å²) in [6.45, 7) is 5.23. The summed E-state index contributed by atoms with van der Waals surface area (Å²) >= 11 is 0. The van der Waals surface area contributed by atoms with E-state index in [9.17, 15) is 0 Å². The van der Waals surface area contributed by atoms with E-state index in [0.29, 0.717) is 0 Å². The predicted octanol–water partition coefficient (Wildman–Crippen LogP) is 1.15. The second kappa shape index (κ2) is 6.58. The fourth-order valence-electron chi connectivity index (χ4n) is 1.45. The minimum Gasteiger partial charge on any atom is -0.313 e. The summed E-state index contributed by atoms with van der Waals surface area (Å²) in [5.41, 5.74) is 2.43. The van der Waals surface area contributed by atoms with Gasteiger partial charge in [0, 0.05) is 17.8 Å². The third-order valence-electron chi connectivity index (χ3n) is 2.46. The van der Waals surface area contributed by atoms with Crippen molar-refractivity contribution in [2.75, 3.05) is 27.2 Å². The molecule has 86 valence electrons. The molecule has 2 N–H and O–H groups in total. The molecule has 4 heteroatoms. The Hall–Kier alpha value is -0.870. The van der Waals surface area contributed by atoms with Crippen molar-refractivity contribution in [1.82, 2.24) is 20.4 Å². The highest BCUT2D eigenvalue weighted by atomic mass is 15.1. The molecule has 0 amide bonds. The van der Waals surface area contributed by atoms with Gasteiger partial charge >= 0.3 is 0 Å². The monoisotopic (exact) mass is 210 g/mol. The summed E-state index contributed by atoms with van der Waals surface area (Å²) in [5.74, 6) is 0. The molecular weight excluding hydrogens is 188 g/mol. The number of aromatic nitrogens is 2. The van der Waals surface area contributed by atoms with E-state index in [0.717, 1.165) is 18.8 Å². The van der Waals surface area contributed by atoms with Crippen LogP contribution in [0.3, 0.4) is 0 Å². The fourth-order valence-corrected chi connectivity index (χ4v) is 1.45. The smallest absolute Gasteiger partial charge is 0.0535 e. The molecule has 1 aromatic rings. The van der Waals surface area contributed by atoms with Crippen LogP contribution < -0.4 is 5.32 Å². The van der Waals surface area contributed by atoms with Crippen molar-refractivity contribution in [1.29, 1.82) is 0 Å². The molecule has 1 heterocycles. The molecule has 15 heavy (non-hydrogen) atoms. The number of rotatable bonds is 7. The zero-order chi connectivity index (χ0) is 11.1. The first-order valence-electron chi connectivity index (χ1n) is 5.54. The van der Waals surface area contributed by atoms with Crippen LogP contribution in [0.2, 0.25) is 0 Å². The number of unbranched alkanes of at least 4 members (excludes halogenated alkanes) is 1. The normalized spacial score (nSPS) is 11.2. The maximum atomic E-state index is 3.99. The molecule has 0 atom stereocenters. The van der Waals surface area contributed by atoms with Crippen LogP contribution in [0.4, 0.5) is 0 Å². The Morgan fingerprint density at radius 2 is 2.20 bits per heavy atom. The Morgan fingerprint density at radius 3 is 2.80 bits per heavy atom. The second-order valence-corrected chi connectivity index (χ2v) is 4.21. The van der Waals surface area contributed by atoms with E-state index in [1.165, 1.54) is 24.9 Å². The summed E-state index contributed by atoms with van der Waals surface area (Å²) in [4.78, 5) is 2.22. The molecule has 0 aliphatic carbocycles. The summed E-state index contributed by atoms with van der Waals surface area (Å²) < 4.78 is 0. The molecule has 0 saturated heterocycles. The lowest BCUT2D eigenvalue weighted by atomic mass is 10.2. The van der Waals surface area contributed by atoms with Crippen molar-refractivity contribution in [3.63, 3.8) is 0 Å². The number of nitrogens with zero attached hydrogens (tertiary/aromatic N) is 2. The zero-order valence-electron chi connectivity index (χ0n) is 10.0. The van der Waals surface area contributed by atoms with Crippen molar-refractivity contribution in [3.05, 3.63) is 17.5 Å². The molecule has 0 aromatic carbocycles. The van der Waals surface area contributed by atoms with Gasteiger partial charge in [-0.1, -0.05) is 0 Å². The van der Waals surface area contributed by atoms with Crippen molar-refractivity contribution in [2.45, 2.75) is 26.3 Å². The average molecular weight is 210 g/mol. The van der Waals surface area contributed by atoms with Crippen LogP contribution in [0.15, 0.2) is 6.20 Å². The van der Waals surface area contributed by atoms with Gasteiger partial charge in [-0.05, 0) is 47.0 Å². The number of hydrogen-bond donors (Lipinski definition) is 2. The summed E-state index contributed by atoms with van der Waals surface area (Å²) in [6.07, 6.45) is 4.38. The quantitative estimate of drug-likeness (QED) is 0.664. The predicted molar refractivity (Wildman–Crippen MR) is 62.8 cm³/mol. The molecule has 0 fully saturated rings. The minimum absolute atomic E-state index is 0.921. The first-order chi connectivity index (χ1) is 7.20. The van der Waals surface area contributed by atoms with Crippen LogP contribution in [-0.2, 0) is 6.54 Å². The Balaban J connectivity index is 2.00. The Kier molecular flexibility index (Phi) is 5.36. The Bertz CT molecular complexity index is 267. The van der Waals surface area contributed by atoms with Gasteiger partial charge in [-0.25, -0.2) is 0 Å². The van der Waals surface area contributed by atoms with Gasteiger partial charge in [-0.2, -0.15) is 5.10 Å². The zero-order valence-corrected chi connectivity index (χ0v) is 10.0. The molecule has 0 saturated carbocycles. The van der Waals surface area contributed by atoms with Gasteiger partial charge in [-0.3, -0.25) is 5.10 Å². The van der Waals surface area contributed by atoms with Crippen LogP contribution in [0.25, 0.3) is 0 Å². The minimum atomic E-state index is 0.921. The molecule has 0 bridgehead atoms. The number of aryl methyl sites for hydroxylation is 1. The molecule has 0 unspecified atom stereocenters. The van der Waals surface area contributed by atoms with Crippen LogP contribution >= 0.6 is 0 Å². The van der Waals surface area contributed by atoms with Crippen molar-refractivity contribution in [3.8, 4) is 0 Å². The highest BCUT2D eigenvalue weighted by Crippen LogP contribution is 2.01. The van der Waals surface area contributed by atoms with Crippen LogP contribution in [-0.4, -0.2) is 42.3 Å². The van der Waals surface area contributed by atoms with Crippen molar-refractivity contribution < 1.29 is 0 Å². The molecule has 4 nitrogen and oxygen atoms in total. The fraction of sp³-hybridized carbons (Fsp3) is 0.727. The molecule has 0 aliphatic rings. The van der Waals surface area contributed by atoms with Gasteiger partial charge in [0.25, 0.3) is 0 Å². The lowest BCUT2D eigenvalue weighted by Gasteiger charge is -2.09. The summed E-state index contributed by atoms with van der Waals surface area (Å²) in [6, 6.07) is 0. The van der Waals surface area contributed by atoms with Gasteiger partial charge in [0.1, 0.15) is 0 Å². The first-order valence-corrected chi connectivity index (χ1v) is 5.54. The highest BCUT2D eigenvalue weighted by Gasteiger charge is 1.98. The SMILES string of the molecule is Cc1[nH]ncc1CNCCCCN(C)C. The Morgan fingerprint density at radius 1 is 1.40 bits per heavy atom. The molecule has 0 radical (unpaired) electrons. The van der Waals surface area contributed by atoms with Crippen molar-refractivity contribution >= 4 is 0 Å². The topological polar surface area (TPSA) is 44.0 Å². The van der Waals surface area contributed by atoms with Gasteiger partial charge in [0.05, 0.1) is 6.20 Å².